The first-order valence-electron chi connectivity index (χ1n) is 6.34. The van der Waals surface area contributed by atoms with Crippen LogP contribution in [0.4, 0.5) is 0 Å². The van der Waals surface area contributed by atoms with Gasteiger partial charge < -0.3 is 15.8 Å². The number of nitrogens with two attached hydrogens (primary N) is 1. The van der Waals surface area contributed by atoms with E-state index in [1.165, 1.54) is 0 Å². The summed E-state index contributed by atoms with van der Waals surface area (Å²) in [6.07, 6.45) is 2.02. The summed E-state index contributed by atoms with van der Waals surface area (Å²) in [7, 11) is 0. The van der Waals surface area contributed by atoms with E-state index in [1.807, 2.05) is 31.2 Å². The maximum atomic E-state index is 11.7. The first kappa shape index (κ1) is 14.1. The largest absolute Gasteiger partial charge is 0.481 e. The molecule has 1 aromatic heterocycles. The first-order chi connectivity index (χ1) is 9.49. The molecule has 0 amide bonds. The van der Waals surface area contributed by atoms with Gasteiger partial charge >= 0.3 is 11.7 Å². The van der Waals surface area contributed by atoms with E-state index in [4.69, 9.17) is 10.8 Å². The molecule has 0 saturated heterocycles. The number of aromatic nitrogens is 2. The van der Waals surface area contributed by atoms with E-state index in [-0.39, 0.29) is 18.2 Å². The normalized spacial score (nSPS) is 12.3. The molecule has 0 aliphatic rings. The lowest BCUT2D eigenvalue weighted by molar-refractivity contribution is -0.137. The van der Waals surface area contributed by atoms with Gasteiger partial charge in [-0.15, -0.1) is 0 Å². The van der Waals surface area contributed by atoms with Gasteiger partial charge in [0.1, 0.15) is 0 Å². The standard InChI is InChI=1S/C14H17N3O3/c1-9-8-16-14(20)17(9)11-4-2-3-10(7-11)12(15)5-6-13(18)19/h2-4,7-8,12H,5-6,15H2,1H3,(H,16,20)(H,18,19). The van der Waals surface area contributed by atoms with E-state index < -0.39 is 5.97 Å². The quantitative estimate of drug-likeness (QED) is 0.766. The van der Waals surface area contributed by atoms with Crippen molar-refractivity contribution in [2.45, 2.75) is 25.8 Å². The summed E-state index contributed by atoms with van der Waals surface area (Å²) >= 11 is 0. The molecule has 0 saturated carbocycles. The summed E-state index contributed by atoms with van der Waals surface area (Å²) in [5, 5.41) is 8.68. The van der Waals surface area contributed by atoms with Gasteiger partial charge in [-0.1, -0.05) is 12.1 Å². The monoisotopic (exact) mass is 275 g/mol. The molecule has 20 heavy (non-hydrogen) atoms. The highest BCUT2D eigenvalue weighted by Gasteiger charge is 2.11. The summed E-state index contributed by atoms with van der Waals surface area (Å²) in [5.41, 5.74) is 8.11. The van der Waals surface area contributed by atoms with Gasteiger partial charge in [-0.25, -0.2) is 4.79 Å². The number of carboxylic acids is 1. The highest BCUT2D eigenvalue weighted by Crippen LogP contribution is 2.19. The molecule has 4 N–H and O–H groups in total. The Morgan fingerprint density at radius 1 is 1.50 bits per heavy atom. The molecule has 0 aliphatic carbocycles. The zero-order chi connectivity index (χ0) is 14.7. The Morgan fingerprint density at radius 2 is 2.25 bits per heavy atom. The van der Waals surface area contributed by atoms with Crippen LogP contribution in [0.2, 0.25) is 0 Å². The van der Waals surface area contributed by atoms with Gasteiger partial charge in [0.25, 0.3) is 0 Å². The molecule has 0 fully saturated rings. The fourth-order valence-electron chi connectivity index (χ4n) is 2.12. The van der Waals surface area contributed by atoms with Gasteiger partial charge in [0.05, 0.1) is 5.69 Å². The minimum Gasteiger partial charge on any atom is -0.481 e. The number of benzene rings is 1. The van der Waals surface area contributed by atoms with Gasteiger partial charge in [-0.2, -0.15) is 0 Å². The molecule has 1 heterocycles. The second kappa shape index (κ2) is 5.75. The van der Waals surface area contributed by atoms with Crippen molar-refractivity contribution in [3.63, 3.8) is 0 Å². The van der Waals surface area contributed by atoms with Crippen LogP contribution < -0.4 is 11.4 Å². The van der Waals surface area contributed by atoms with Crippen molar-refractivity contribution in [1.29, 1.82) is 0 Å². The fourth-order valence-corrected chi connectivity index (χ4v) is 2.12. The van der Waals surface area contributed by atoms with Crippen LogP contribution in [0.3, 0.4) is 0 Å². The Hall–Kier alpha value is -2.34. The Kier molecular flexibility index (Phi) is 4.05. The number of aliphatic carboxylic acids is 1. The second-order valence-corrected chi connectivity index (χ2v) is 4.70. The number of carbonyl (C=O) groups is 1. The Labute approximate surface area is 115 Å². The van der Waals surface area contributed by atoms with Crippen molar-refractivity contribution in [2.24, 2.45) is 5.73 Å². The highest BCUT2D eigenvalue weighted by molar-refractivity contribution is 5.66. The molecule has 1 atom stereocenters. The Morgan fingerprint density at radius 3 is 2.85 bits per heavy atom. The molecular weight excluding hydrogens is 258 g/mol. The Balaban J connectivity index is 2.29. The zero-order valence-corrected chi connectivity index (χ0v) is 11.2. The van der Waals surface area contributed by atoms with Gasteiger partial charge in [0, 0.05) is 24.4 Å². The molecule has 0 radical (unpaired) electrons. The van der Waals surface area contributed by atoms with Crippen LogP contribution in [0.1, 0.15) is 30.1 Å². The molecule has 2 rings (SSSR count). The van der Waals surface area contributed by atoms with Crippen LogP contribution >= 0.6 is 0 Å². The van der Waals surface area contributed by atoms with Gasteiger partial charge in [-0.3, -0.25) is 9.36 Å². The van der Waals surface area contributed by atoms with Crippen molar-refractivity contribution in [3.05, 3.63) is 52.2 Å². The van der Waals surface area contributed by atoms with Crippen LogP contribution in [0.15, 0.2) is 35.3 Å². The third kappa shape index (κ3) is 2.97. The van der Waals surface area contributed by atoms with E-state index in [0.29, 0.717) is 6.42 Å². The number of imidazole rings is 1. The predicted octanol–water partition coefficient (Wildman–Crippen LogP) is 1.34. The smallest absolute Gasteiger partial charge is 0.330 e. The summed E-state index contributed by atoms with van der Waals surface area (Å²) in [4.78, 5) is 24.9. The molecule has 106 valence electrons. The summed E-state index contributed by atoms with van der Waals surface area (Å²) in [6.45, 7) is 1.83. The lowest BCUT2D eigenvalue weighted by Gasteiger charge is -2.13. The summed E-state index contributed by atoms with van der Waals surface area (Å²) < 4.78 is 1.55. The SMILES string of the molecule is Cc1c[nH]c(=O)n1-c1cccc(C(N)CCC(=O)O)c1. The van der Waals surface area contributed by atoms with Gasteiger partial charge in [0.2, 0.25) is 0 Å². The van der Waals surface area contributed by atoms with Crippen molar-refractivity contribution in [2.75, 3.05) is 0 Å². The minimum atomic E-state index is -0.866. The molecule has 1 unspecified atom stereocenters. The molecule has 0 aliphatic heterocycles. The van der Waals surface area contributed by atoms with Gasteiger partial charge in [-0.05, 0) is 31.0 Å². The third-order valence-electron chi connectivity index (χ3n) is 3.19. The number of nitrogens with one attached hydrogen (secondary N) is 1. The number of nitrogens with zero attached hydrogens (tertiary/aromatic N) is 1. The molecular formula is C14H17N3O3. The number of hydrogen-bond donors (Lipinski definition) is 3. The van der Waals surface area contributed by atoms with Gasteiger partial charge in [0.15, 0.2) is 0 Å². The van der Waals surface area contributed by atoms with Crippen molar-refractivity contribution in [3.8, 4) is 5.69 Å². The van der Waals surface area contributed by atoms with E-state index >= 15 is 0 Å². The maximum absolute atomic E-state index is 11.7. The van der Waals surface area contributed by atoms with Crippen molar-refractivity contribution < 1.29 is 9.90 Å². The van der Waals surface area contributed by atoms with Crippen LogP contribution in [-0.4, -0.2) is 20.6 Å². The molecule has 1 aromatic carbocycles. The van der Waals surface area contributed by atoms with Crippen LogP contribution in [-0.2, 0) is 4.79 Å². The topological polar surface area (TPSA) is 101 Å². The average molecular weight is 275 g/mol. The van der Waals surface area contributed by atoms with Crippen LogP contribution in [0, 0.1) is 6.92 Å². The molecule has 6 heteroatoms. The Bertz CT molecular complexity index is 672. The number of aryl methyl sites for hydroxylation is 1. The van der Waals surface area contributed by atoms with Crippen molar-refractivity contribution in [1.82, 2.24) is 9.55 Å². The number of aromatic amines is 1. The lowest BCUT2D eigenvalue weighted by Crippen LogP contribution is -2.17. The maximum Gasteiger partial charge on any atom is 0.330 e. The number of carboxylic acid groups (broad SMARTS) is 1. The highest BCUT2D eigenvalue weighted by atomic mass is 16.4. The fraction of sp³-hybridized carbons (Fsp3) is 0.286. The van der Waals surface area contributed by atoms with Crippen LogP contribution in [0.25, 0.3) is 5.69 Å². The van der Waals surface area contributed by atoms with E-state index in [9.17, 15) is 9.59 Å². The average Bonchev–Trinajstić information content (AvgIpc) is 2.75. The number of rotatable bonds is 5. The molecule has 6 nitrogen and oxygen atoms in total. The zero-order valence-electron chi connectivity index (χ0n) is 11.2. The van der Waals surface area contributed by atoms with E-state index in [0.717, 1.165) is 16.9 Å². The summed E-state index contributed by atoms with van der Waals surface area (Å²) in [6, 6.07) is 6.92. The van der Waals surface area contributed by atoms with E-state index in [2.05, 4.69) is 4.98 Å². The molecule has 0 bridgehead atoms. The van der Waals surface area contributed by atoms with Crippen LogP contribution in [0.5, 0.6) is 0 Å². The first-order valence-corrected chi connectivity index (χ1v) is 6.34. The second-order valence-electron chi connectivity index (χ2n) is 4.70. The molecule has 2 aromatic rings. The minimum absolute atomic E-state index is 0.0223. The number of hydrogen-bond acceptors (Lipinski definition) is 3. The molecule has 0 spiro atoms. The van der Waals surface area contributed by atoms with E-state index in [1.54, 1.807) is 10.8 Å². The lowest BCUT2D eigenvalue weighted by atomic mass is 10.0. The predicted molar refractivity (Wildman–Crippen MR) is 74.9 cm³/mol. The van der Waals surface area contributed by atoms with Crippen molar-refractivity contribution >= 4 is 5.97 Å². The number of H-pyrrole nitrogens is 1. The summed E-state index contributed by atoms with van der Waals surface area (Å²) in [5.74, 6) is -0.866. The third-order valence-corrected chi connectivity index (χ3v) is 3.19.